The Bertz CT molecular complexity index is 2940. The molecule has 312 valence electrons. The Hall–Kier alpha value is -8.61. The molecule has 0 bridgehead atoms. The smallest absolute Gasteiger partial charge is 0.126 e. The lowest BCUT2D eigenvalue weighted by molar-refractivity contribution is 0.415. The van der Waals surface area contributed by atoms with E-state index in [1.54, 1.807) is 37.4 Å². The van der Waals surface area contributed by atoms with Gasteiger partial charge in [0.15, 0.2) is 0 Å². The number of nitrogens with one attached hydrogen (secondary N) is 3. The van der Waals surface area contributed by atoms with Gasteiger partial charge in [0.05, 0.1) is 29.7 Å². The Kier molecular flexibility index (Phi) is 15.1. The first kappa shape index (κ1) is 44.0. The summed E-state index contributed by atoms with van der Waals surface area (Å²) in [6, 6.07) is 46.0. The molecule has 0 unspecified atom stereocenters. The average molecular weight is 833 g/mol. The van der Waals surface area contributed by atoms with Crippen LogP contribution in [0, 0.1) is 41.8 Å². The quantitative estimate of drug-likeness (QED) is 0.0303. The number of anilines is 2. The number of para-hydroxylation sites is 1. The minimum atomic E-state index is -0.292. The number of methoxy groups -OCH3 is 1. The van der Waals surface area contributed by atoms with Crippen LogP contribution in [0.5, 0.6) is 5.75 Å². The number of aryl methyl sites for hydroxylation is 1. The fourth-order valence-corrected chi connectivity index (χ4v) is 6.01. The summed E-state index contributed by atoms with van der Waals surface area (Å²) >= 11 is 0. The molecular formula is C51H45FN10O. The number of nitrogens with zero attached hydrogens (tertiary/aromatic N) is 5. The predicted molar refractivity (Wildman–Crippen MR) is 253 cm³/mol. The topological polar surface area (TPSA) is 171 Å². The van der Waals surface area contributed by atoms with E-state index in [0.717, 1.165) is 55.6 Å². The molecule has 0 aliphatic carbocycles. The van der Waals surface area contributed by atoms with E-state index in [2.05, 4.69) is 60.2 Å². The van der Waals surface area contributed by atoms with E-state index in [4.69, 9.17) is 21.6 Å². The summed E-state index contributed by atoms with van der Waals surface area (Å²) in [4.78, 5) is 4.50. The third-order valence-electron chi connectivity index (χ3n) is 9.21. The molecule has 0 heterocycles. The van der Waals surface area contributed by atoms with Crippen molar-refractivity contribution in [1.29, 1.82) is 5.41 Å². The number of hydrogen-bond donors (Lipinski definition) is 5. The van der Waals surface area contributed by atoms with Crippen LogP contribution in [-0.4, -0.2) is 24.8 Å². The van der Waals surface area contributed by atoms with Crippen LogP contribution in [0.4, 0.5) is 27.1 Å². The Morgan fingerprint density at radius 2 is 1.22 bits per heavy atom. The van der Waals surface area contributed by atoms with Gasteiger partial charge in [-0.1, -0.05) is 82.7 Å². The number of amidine groups is 2. The number of nitrogens with two attached hydrogens (primary N) is 2. The highest BCUT2D eigenvalue weighted by Crippen LogP contribution is 2.28. The molecule has 0 aliphatic rings. The monoisotopic (exact) mass is 832 g/mol. The number of hydrogen-bond acceptors (Lipinski definition) is 7. The van der Waals surface area contributed by atoms with E-state index in [0.29, 0.717) is 28.5 Å². The van der Waals surface area contributed by atoms with Gasteiger partial charge in [-0.3, -0.25) is 21.3 Å². The number of ether oxygens (including phenoxy) is 1. The second-order valence-electron chi connectivity index (χ2n) is 14.2. The van der Waals surface area contributed by atoms with Gasteiger partial charge in [-0.05, 0) is 135 Å². The first-order chi connectivity index (χ1) is 30.6. The molecule has 7 aromatic rings. The zero-order chi connectivity index (χ0) is 44.6. The Labute approximate surface area is 366 Å². The number of aliphatic imine (C=N–C) groups is 1. The van der Waals surface area contributed by atoms with Crippen molar-refractivity contribution in [2.75, 3.05) is 18.0 Å². The largest absolute Gasteiger partial charge is 0.497 e. The molecule has 0 saturated carbocycles. The van der Waals surface area contributed by atoms with Crippen molar-refractivity contribution in [3.63, 3.8) is 0 Å². The van der Waals surface area contributed by atoms with E-state index in [1.165, 1.54) is 12.1 Å². The summed E-state index contributed by atoms with van der Waals surface area (Å²) < 4.78 is 18.2. The zero-order valence-corrected chi connectivity index (χ0v) is 35.2. The summed E-state index contributed by atoms with van der Waals surface area (Å²) in [6.45, 7) is 5.89. The number of rotatable bonds is 10. The molecule has 63 heavy (non-hydrogen) atoms. The molecule has 7 rings (SSSR count). The standard InChI is InChI=1S/C29H27N5O.C22H18FN5/c1-20(2)31-29(30)26-18-19-28(25-10-6-5-9-24(25)26)33-34-32-27-11-7-4-8-22(27)15-12-21-13-16-23(35-3)17-14-21;1-15-14-18(22(24)25)10-13-20(15)26-28-27-21-5-3-2-4-17(21)9-6-16-7-11-19(23)12-8-16/h4-11,13-14,16-20H,1-3H3,(H2,30,31)(H,32,33);2-5,7-8,10-14H,1H3,(H3,24,25)(H,26,27). The lowest BCUT2D eigenvalue weighted by Crippen LogP contribution is -2.16. The van der Waals surface area contributed by atoms with Crippen molar-refractivity contribution in [2.45, 2.75) is 26.8 Å². The molecule has 0 saturated heterocycles. The van der Waals surface area contributed by atoms with Crippen LogP contribution in [0.15, 0.2) is 177 Å². The van der Waals surface area contributed by atoms with Crippen molar-refractivity contribution >= 4 is 45.2 Å². The third kappa shape index (κ3) is 12.5. The Balaban J connectivity index is 0.000000215. The van der Waals surface area contributed by atoms with Crippen molar-refractivity contribution in [3.8, 4) is 29.4 Å². The number of benzene rings is 7. The van der Waals surface area contributed by atoms with Crippen LogP contribution in [0.3, 0.4) is 0 Å². The highest BCUT2D eigenvalue weighted by molar-refractivity contribution is 6.11. The van der Waals surface area contributed by atoms with E-state index < -0.39 is 0 Å². The van der Waals surface area contributed by atoms with Crippen LogP contribution in [0.1, 0.15) is 52.8 Å². The van der Waals surface area contributed by atoms with Gasteiger partial charge >= 0.3 is 0 Å². The molecule has 0 fully saturated rings. The van der Waals surface area contributed by atoms with Crippen LogP contribution in [-0.2, 0) is 0 Å². The Morgan fingerprint density at radius 1 is 0.635 bits per heavy atom. The van der Waals surface area contributed by atoms with Crippen molar-refractivity contribution in [1.82, 2.24) is 0 Å². The molecule has 7 N–H and O–H groups in total. The fraction of sp³-hybridized carbons (Fsp3) is 0.0980. The van der Waals surface area contributed by atoms with Gasteiger partial charge < -0.3 is 16.2 Å². The van der Waals surface area contributed by atoms with Gasteiger partial charge in [-0.25, -0.2) is 4.39 Å². The summed E-state index contributed by atoms with van der Waals surface area (Å²) in [5.41, 5.74) is 26.2. The van der Waals surface area contributed by atoms with E-state index in [1.807, 2.05) is 130 Å². The van der Waals surface area contributed by atoms with Crippen molar-refractivity contribution < 1.29 is 9.13 Å². The minimum absolute atomic E-state index is 0.0124. The highest BCUT2D eigenvalue weighted by Gasteiger charge is 2.09. The SMILES string of the molecule is COc1ccc(C#Cc2ccccc2N=NNc2ccc(C(N)=NC(C)C)c3ccccc23)cc1.Cc1cc(C(=N)N)ccc1N=NNc1ccccc1C#Cc1ccc(F)cc1. The summed E-state index contributed by atoms with van der Waals surface area (Å²) in [5, 5.41) is 26.3. The molecule has 0 amide bonds. The molecule has 11 nitrogen and oxygen atoms in total. The summed E-state index contributed by atoms with van der Waals surface area (Å²) in [7, 11) is 1.64. The average Bonchev–Trinajstić information content (AvgIpc) is 3.29. The van der Waals surface area contributed by atoms with Crippen molar-refractivity contribution in [3.05, 3.63) is 196 Å². The molecule has 0 spiro atoms. The number of nitrogen functional groups attached to an aromatic ring is 1. The predicted octanol–water partition coefficient (Wildman–Crippen LogP) is 11.4. The van der Waals surface area contributed by atoms with E-state index in [-0.39, 0.29) is 17.7 Å². The Morgan fingerprint density at radius 3 is 1.89 bits per heavy atom. The van der Waals surface area contributed by atoms with Crippen LogP contribution in [0.25, 0.3) is 10.8 Å². The molecular weight excluding hydrogens is 788 g/mol. The van der Waals surface area contributed by atoms with Crippen LogP contribution >= 0.6 is 0 Å². The van der Waals surface area contributed by atoms with E-state index >= 15 is 0 Å². The first-order valence-corrected chi connectivity index (χ1v) is 19.8. The van der Waals surface area contributed by atoms with E-state index in [9.17, 15) is 4.39 Å². The normalized spacial score (nSPS) is 11.0. The minimum Gasteiger partial charge on any atom is -0.497 e. The fourth-order valence-electron chi connectivity index (χ4n) is 6.01. The van der Waals surface area contributed by atoms with Gasteiger partial charge in [0.25, 0.3) is 0 Å². The number of fused-ring (bicyclic) bond motifs is 1. The third-order valence-corrected chi connectivity index (χ3v) is 9.21. The van der Waals surface area contributed by atoms with Gasteiger partial charge in [-0.2, -0.15) is 0 Å². The lowest BCUT2D eigenvalue weighted by Gasteiger charge is -2.11. The number of halogens is 1. The molecule has 7 aromatic carbocycles. The van der Waals surface area contributed by atoms with Crippen LogP contribution in [0.2, 0.25) is 0 Å². The molecule has 0 aliphatic heterocycles. The van der Waals surface area contributed by atoms with Gasteiger partial charge in [0, 0.05) is 39.2 Å². The lowest BCUT2D eigenvalue weighted by atomic mass is 10.0. The summed E-state index contributed by atoms with van der Waals surface area (Å²) in [6.07, 6.45) is 0. The van der Waals surface area contributed by atoms with Gasteiger partial charge in [0.2, 0.25) is 0 Å². The maximum absolute atomic E-state index is 13.0. The van der Waals surface area contributed by atoms with Gasteiger partial charge in [-0.15, -0.1) is 10.2 Å². The molecule has 12 heteroatoms. The second-order valence-corrected chi connectivity index (χ2v) is 14.2. The maximum Gasteiger partial charge on any atom is 0.126 e. The zero-order valence-electron chi connectivity index (χ0n) is 35.2. The summed E-state index contributed by atoms with van der Waals surface area (Å²) in [5.74, 6) is 13.4. The molecule has 0 aromatic heterocycles. The first-order valence-electron chi connectivity index (χ1n) is 19.8. The van der Waals surface area contributed by atoms with Crippen molar-refractivity contribution in [2.24, 2.45) is 37.1 Å². The highest BCUT2D eigenvalue weighted by atomic mass is 19.1. The molecule has 0 radical (unpaired) electrons. The van der Waals surface area contributed by atoms with Gasteiger partial charge in [0.1, 0.15) is 28.9 Å². The molecule has 0 atom stereocenters. The second kappa shape index (κ2) is 21.6. The van der Waals surface area contributed by atoms with Crippen LogP contribution < -0.4 is 27.1 Å². The maximum atomic E-state index is 13.0.